The van der Waals surface area contributed by atoms with Crippen molar-refractivity contribution < 1.29 is 14.2 Å². The molecule has 2 heterocycles. The van der Waals surface area contributed by atoms with E-state index in [0.717, 1.165) is 23.9 Å². The molecule has 0 spiro atoms. The lowest BCUT2D eigenvalue weighted by molar-refractivity contribution is 0.128. The number of nitrogens with zero attached hydrogens (tertiary/aromatic N) is 1. The largest absolute Gasteiger partial charge is 0.493 e. The average Bonchev–Trinajstić information content (AvgIpc) is 3.01. The number of fused-ring (bicyclic) bond motifs is 1. The van der Waals surface area contributed by atoms with E-state index in [9.17, 15) is 0 Å². The Kier molecular flexibility index (Phi) is 5.43. The van der Waals surface area contributed by atoms with Crippen molar-refractivity contribution in [3.05, 3.63) is 18.2 Å². The minimum absolute atomic E-state index is 0.314. The van der Waals surface area contributed by atoms with E-state index >= 15 is 0 Å². The maximum atomic E-state index is 5.98. The molecule has 0 amide bonds. The quantitative estimate of drug-likeness (QED) is 0.719. The van der Waals surface area contributed by atoms with E-state index in [-0.39, 0.29) is 0 Å². The molecule has 0 radical (unpaired) electrons. The zero-order chi connectivity index (χ0) is 15.2. The standard InChI is InChI=1S/C18H27NO3/c1-2-3-4-9-19-10-5-6-15(12-19)13-20-16-7-8-17-18(11-16)22-14-21-17/h7-8,11,15H,2-6,9-10,12-14H2,1H3. The summed E-state index contributed by atoms with van der Waals surface area (Å²) in [6.45, 7) is 7.04. The van der Waals surface area contributed by atoms with E-state index in [1.165, 1.54) is 51.7 Å². The molecule has 1 fully saturated rings. The predicted octanol–water partition coefficient (Wildman–Crippen LogP) is 3.70. The molecule has 0 bridgehead atoms. The molecule has 0 saturated carbocycles. The molecule has 4 heteroatoms. The molecular weight excluding hydrogens is 278 g/mol. The van der Waals surface area contributed by atoms with E-state index in [4.69, 9.17) is 14.2 Å². The summed E-state index contributed by atoms with van der Waals surface area (Å²) >= 11 is 0. The molecule has 122 valence electrons. The summed E-state index contributed by atoms with van der Waals surface area (Å²) in [4.78, 5) is 2.60. The van der Waals surface area contributed by atoms with Crippen LogP contribution in [-0.2, 0) is 0 Å². The maximum Gasteiger partial charge on any atom is 0.231 e. The summed E-state index contributed by atoms with van der Waals surface area (Å²) in [5, 5.41) is 0. The van der Waals surface area contributed by atoms with Gasteiger partial charge in [0, 0.05) is 18.5 Å². The van der Waals surface area contributed by atoms with Crippen LogP contribution in [0.4, 0.5) is 0 Å². The molecular formula is C18H27NO3. The van der Waals surface area contributed by atoms with Crippen LogP contribution >= 0.6 is 0 Å². The van der Waals surface area contributed by atoms with Crippen LogP contribution in [0.1, 0.15) is 39.0 Å². The minimum atomic E-state index is 0.314. The molecule has 1 unspecified atom stereocenters. The highest BCUT2D eigenvalue weighted by atomic mass is 16.7. The van der Waals surface area contributed by atoms with Gasteiger partial charge in [0.2, 0.25) is 6.79 Å². The van der Waals surface area contributed by atoms with Crippen LogP contribution in [0.2, 0.25) is 0 Å². The van der Waals surface area contributed by atoms with Crippen molar-refractivity contribution in [2.45, 2.75) is 39.0 Å². The van der Waals surface area contributed by atoms with Gasteiger partial charge in [0.15, 0.2) is 11.5 Å². The third-order valence-corrected chi connectivity index (χ3v) is 4.51. The molecule has 3 rings (SSSR count). The Hall–Kier alpha value is -1.42. The van der Waals surface area contributed by atoms with Crippen LogP contribution in [0.5, 0.6) is 17.2 Å². The van der Waals surface area contributed by atoms with Gasteiger partial charge in [0.1, 0.15) is 5.75 Å². The van der Waals surface area contributed by atoms with Gasteiger partial charge in [-0.1, -0.05) is 19.8 Å². The first-order valence-corrected chi connectivity index (χ1v) is 8.60. The Bertz CT molecular complexity index is 477. The monoisotopic (exact) mass is 305 g/mol. The molecule has 1 aromatic carbocycles. The van der Waals surface area contributed by atoms with Crippen molar-refractivity contribution in [2.24, 2.45) is 5.92 Å². The predicted molar refractivity (Wildman–Crippen MR) is 86.7 cm³/mol. The van der Waals surface area contributed by atoms with Crippen LogP contribution in [0, 0.1) is 5.92 Å². The van der Waals surface area contributed by atoms with Gasteiger partial charge in [-0.2, -0.15) is 0 Å². The fraction of sp³-hybridized carbons (Fsp3) is 0.667. The Labute approximate surface area is 133 Å². The van der Waals surface area contributed by atoms with Crippen molar-refractivity contribution in [1.82, 2.24) is 4.90 Å². The van der Waals surface area contributed by atoms with Crippen molar-refractivity contribution >= 4 is 0 Å². The minimum Gasteiger partial charge on any atom is -0.493 e. The van der Waals surface area contributed by atoms with Crippen LogP contribution in [-0.4, -0.2) is 37.9 Å². The molecule has 4 nitrogen and oxygen atoms in total. The van der Waals surface area contributed by atoms with Crippen molar-refractivity contribution in [2.75, 3.05) is 33.0 Å². The molecule has 1 aromatic rings. The summed E-state index contributed by atoms with van der Waals surface area (Å²) in [5.41, 5.74) is 0. The van der Waals surface area contributed by atoms with Gasteiger partial charge in [0.05, 0.1) is 6.61 Å². The number of piperidine rings is 1. The van der Waals surface area contributed by atoms with E-state index in [0.29, 0.717) is 12.7 Å². The van der Waals surface area contributed by atoms with E-state index in [1.54, 1.807) is 0 Å². The Morgan fingerprint density at radius 3 is 3.05 bits per heavy atom. The first-order valence-electron chi connectivity index (χ1n) is 8.60. The lowest BCUT2D eigenvalue weighted by Crippen LogP contribution is -2.38. The number of benzene rings is 1. The van der Waals surface area contributed by atoms with Crippen LogP contribution in [0.15, 0.2) is 18.2 Å². The van der Waals surface area contributed by atoms with E-state index in [2.05, 4.69) is 11.8 Å². The van der Waals surface area contributed by atoms with Crippen LogP contribution < -0.4 is 14.2 Å². The van der Waals surface area contributed by atoms with Gasteiger partial charge >= 0.3 is 0 Å². The number of hydrogen-bond donors (Lipinski definition) is 0. The molecule has 22 heavy (non-hydrogen) atoms. The first-order chi connectivity index (χ1) is 10.8. The third kappa shape index (κ3) is 4.07. The molecule has 0 aromatic heterocycles. The highest BCUT2D eigenvalue weighted by Crippen LogP contribution is 2.35. The van der Waals surface area contributed by atoms with Gasteiger partial charge < -0.3 is 19.1 Å². The van der Waals surface area contributed by atoms with Gasteiger partial charge in [-0.15, -0.1) is 0 Å². The van der Waals surface area contributed by atoms with Gasteiger partial charge in [-0.3, -0.25) is 0 Å². The topological polar surface area (TPSA) is 30.9 Å². The highest BCUT2D eigenvalue weighted by molar-refractivity contribution is 5.46. The number of rotatable bonds is 7. The molecule has 0 aliphatic carbocycles. The summed E-state index contributed by atoms with van der Waals surface area (Å²) in [6.07, 6.45) is 6.53. The van der Waals surface area contributed by atoms with E-state index < -0.39 is 0 Å². The zero-order valence-corrected chi connectivity index (χ0v) is 13.6. The summed E-state index contributed by atoms with van der Waals surface area (Å²) < 4.78 is 16.7. The Morgan fingerprint density at radius 2 is 2.14 bits per heavy atom. The zero-order valence-electron chi connectivity index (χ0n) is 13.6. The number of hydrogen-bond acceptors (Lipinski definition) is 4. The van der Waals surface area contributed by atoms with Gasteiger partial charge in [-0.25, -0.2) is 0 Å². The molecule has 1 saturated heterocycles. The second-order valence-corrected chi connectivity index (χ2v) is 6.34. The van der Waals surface area contributed by atoms with Crippen LogP contribution in [0.25, 0.3) is 0 Å². The smallest absolute Gasteiger partial charge is 0.231 e. The summed E-state index contributed by atoms with van der Waals surface area (Å²) in [7, 11) is 0. The van der Waals surface area contributed by atoms with Crippen LogP contribution in [0.3, 0.4) is 0 Å². The highest BCUT2D eigenvalue weighted by Gasteiger charge is 2.20. The fourth-order valence-corrected chi connectivity index (χ4v) is 3.26. The van der Waals surface area contributed by atoms with Gasteiger partial charge in [-0.05, 0) is 44.5 Å². The van der Waals surface area contributed by atoms with Crippen molar-refractivity contribution in [3.63, 3.8) is 0 Å². The lowest BCUT2D eigenvalue weighted by Gasteiger charge is -2.32. The maximum absolute atomic E-state index is 5.98. The summed E-state index contributed by atoms with van der Waals surface area (Å²) in [6, 6.07) is 5.83. The number of likely N-dealkylation sites (tertiary alicyclic amines) is 1. The molecule has 0 N–H and O–H groups in total. The SMILES string of the molecule is CCCCCN1CCCC(COc2ccc3c(c2)OCO3)C1. The first kappa shape index (κ1) is 15.5. The van der Waals surface area contributed by atoms with Gasteiger partial charge in [0.25, 0.3) is 0 Å². The third-order valence-electron chi connectivity index (χ3n) is 4.51. The average molecular weight is 305 g/mol. The molecule has 2 aliphatic heterocycles. The Morgan fingerprint density at radius 1 is 1.23 bits per heavy atom. The second kappa shape index (κ2) is 7.73. The second-order valence-electron chi connectivity index (χ2n) is 6.34. The molecule has 1 atom stereocenters. The number of ether oxygens (including phenoxy) is 3. The number of unbranched alkanes of at least 4 members (excludes halogenated alkanes) is 2. The van der Waals surface area contributed by atoms with Crippen molar-refractivity contribution in [1.29, 1.82) is 0 Å². The Balaban J connectivity index is 1.44. The van der Waals surface area contributed by atoms with Crippen molar-refractivity contribution in [3.8, 4) is 17.2 Å². The fourth-order valence-electron chi connectivity index (χ4n) is 3.26. The van der Waals surface area contributed by atoms with E-state index in [1.807, 2.05) is 18.2 Å². The normalized spacial score (nSPS) is 21.0. The lowest BCUT2D eigenvalue weighted by atomic mass is 9.98. The molecule has 2 aliphatic rings. The summed E-state index contributed by atoms with van der Waals surface area (Å²) in [5.74, 6) is 3.13.